The van der Waals surface area contributed by atoms with Crippen molar-refractivity contribution in [1.82, 2.24) is 9.97 Å². The molecule has 1 aromatic rings. The van der Waals surface area contributed by atoms with Crippen LogP contribution >= 0.6 is 0 Å². The standard InChI is InChI=1S/C7H7F2N3O/c1-4(13)12-5-2-10-7(6(8)9)11-3-5/h2-3,6H,1H3,(H,12,13). The zero-order valence-electron chi connectivity index (χ0n) is 6.79. The molecule has 0 aliphatic carbocycles. The summed E-state index contributed by atoms with van der Waals surface area (Å²) in [5.41, 5.74) is 0.303. The minimum atomic E-state index is -2.69. The molecular weight excluding hydrogens is 180 g/mol. The van der Waals surface area contributed by atoms with Gasteiger partial charge in [0.1, 0.15) is 0 Å². The summed E-state index contributed by atoms with van der Waals surface area (Å²) in [5.74, 6) is -0.845. The zero-order valence-corrected chi connectivity index (χ0v) is 6.79. The number of rotatable bonds is 2. The van der Waals surface area contributed by atoms with E-state index in [-0.39, 0.29) is 5.91 Å². The number of hydrogen-bond acceptors (Lipinski definition) is 3. The Balaban J connectivity index is 2.75. The first-order valence-corrected chi connectivity index (χ1v) is 3.47. The number of hydrogen-bond donors (Lipinski definition) is 1. The van der Waals surface area contributed by atoms with Gasteiger partial charge in [0.05, 0.1) is 18.1 Å². The maximum atomic E-state index is 11.9. The Bertz CT molecular complexity index is 299. The van der Waals surface area contributed by atoms with Crippen molar-refractivity contribution in [2.45, 2.75) is 13.3 Å². The van der Waals surface area contributed by atoms with Gasteiger partial charge >= 0.3 is 0 Å². The van der Waals surface area contributed by atoms with Gasteiger partial charge in [0.2, 0.25) is 5.91 Å². The first-order chi connectivity index (χ1) is 6.09. The lowest BCUT2D eigenvalue weighted by molar-refractivity contribution is -0.114. The molecule has 1 rings (SSSR count). The Morgan fingerprint density at radius 3 is 2.38 bits per heavy atom. The average Bonchev–Trinajstić information content (AvgIpc) is 2.04. The van der Waals surface area contributed by atoms with E-state index in [0.29, 0.717) is 5.69 Å². The number of carbonyl (C=O) groups is 1. The quantitative estimate of drug-likeness (QED) is 0.760. The van der Waals surface area contributed by atoms with Crippen LogP contribution in [0.3, 0.4) is 0 Å². The second-order valence-corrected chi connectivity index (χ2v) is 2.31. The zero-order chi connectivity index (χ0) is 9.84. The van der Waals surface area contributed by atoms with Crippen molar-refractivity contribution in [3.63, 3.8) is 0 Å². The summed E-state index contributed by atoms with van der Waals surface area (Å²) in [6.45, 7) is 1.31. The van der Waals surface area contributed by atoms with Crippen LogP contribution in [0.4, 0.5) is 14.5 Å². The number of anilines is 1. The van der Waals surface area contributed by atoms with E-state index in [2.05, 4.69) is 15.3 Å². The highest BCUT2D eigenvalue weighted by Crippen LogP contribution is 2.14. The molecule has 0 unspecified atom stereocenters. The van der Waals surface area contributed by atoms with Crippen molar-refractivity contribution in [3.8, 4) is 0 Å². The van der Waals surface area contributed by atoms with Gasteiger partial charge in [-0.15, -0.1) is 0 Å². The normalized spacial score (nSPS) is 10.2. The molecule has 0 spiro atoms. The number of halogens is 2. The third-order valence-electron chi connectivity index (χ3n) is 1.19. The number of aromatic nitrogens is 2. The van der Waals surface area contributed by atoms with Crippen LogP contribution in [0.1, 0.15) is 19.2 Å². The monoisotopic (exact) mass is 187 g/mol. The van der Waals surface area contributed by atoms with E-state index in [1.165, 1.54) is 6.92 Å². The SMILES string of the molecule is CC(=O)Nc1cnc(C(F)F)nc1. The number of nitrogens with zero attached hydrogens (tertiary/aromatic N) is 2. The van der Waals surface area contributed by atoms with Gasteiger partial charge in [0, 0.05) is 6.92 Å². The molecule has 0 bridgehead atoms. The van der Waals surface area contributed by atoms with Gasteiger partial charge in [0.15, 0.2) is 5.82 Å². The van der Waals surface area contributed by atoms with Gasteiger partial charge in [-0.25, -0.2) is 18.7 Å². The van der Waals surface area contributed by atoms with E-state index in [1.807, 2.05) is 0 Å². The van der Waals surface area contributed by atoms with Crippen molar-refractivity contribution in [2.75, 3.05) is 5.32 Å². The van der Waals surface area contributed by atoms with E-state index in [4.69, 9.17) is 0 Å². The lowest BCUT2D eigenvalue weighted by Crippen LogP contribution is -2.07. The molecule has 1 amide bonds. The molecule has 6 heteroatoms. The summed E-state index contributed by atoms with van der Waals surface area (Å²) in [4.78, 5) is 17.2. The predicted octanol–water partition coefficient (Wildman–Crippen LogP) is 1.37. The average molecular weight is 187 g/mol. The van der Waals surface area contributed by atoms with Crippen LogP contribution in [0.5, 0.6) is 0 Å². The van der Waals surface area contributed by atoms with E-state index in [1.54, 1.807) is 0 Å². The lowest BCUT2D eigenvalue weighted by Gasteiger charge is -2.01. The van der Waals surface area contributed by atoms with Crippen LogP contribution < -0.4 is 5.32 Å². The topological polar surface area (TPSA) is 54.9 Å². The van der Waals surface area contributed by atoms with Crippen molar-refractivity contribution in [2.24, 2.45) is 0 Å². The Morgan fingerprint density at radius 2 is 2.00 bits per heavy atom. The van der Waals surface area contributed by atoms with Crippen LogP contribution in [0.2, 0.25) is 0 Å². The smallest absolute Gasteiger partial charge is 0.297 e. The number of alkyl halides is 2. The maximum absolute atomic E-state index is 11.9. The molecule has 4 nitrogen and oxygen atoms in total. The number of nitrogens with one attached hydrogen (secondary N) is 1. The molecule has 13 heavy (non-hydrogen) atoms. The van der Waals surface area contributed by atoms with E-state index < -0.39 is 12.2 Å². The third-order valence-corrected chi connectivity index (χ3v) is 1.19. The van der Waals surface area contributed by atoms with Crippen molar-refractivity contribution >= 4 is 11.6 Å². The van der Waals surface area contributed by atoms with Gasteiger partial charge in [-0.2, -0.15) is 0 Å². The fourth-order valence-electron chi connectivity index (χ4n) is 0.719. The minimum absolute atomic E-state index is 0.298. The second kappa shape index (κ2) is 3.88. The molecule has 0 atom stereocenters. The highest BCUT2D eigenvalue weighted by atomic mass is 19.3. The van der Waals surface area contributed by atoms with E-state index in [0.717, 1.165) is 12.4 Å². The first-order valence-electron chi connectivity index (χ1n) is 3.47. The molecule has 0 fully saturated rings. The first kappa shape index (κ1) is 9.50. The summed E-state index contributed by atoms with van der Waals surface area (Å²) in [5, 5.41) is 2.36. The van der Waals surface area contributed by atoms with Crippen LogP contribution in [0, 0.1) is 0 Å². The third kappa shape index (κ3) is 2.73. The second-order valence-electron chi connectivity index (χ2n) is 2.31. The Morgan fingerprint density at radius 1 is 1.46 bits per heavy atom. The van der Waals surface area contributed by atoms with Crippen molar-refractivity contribution in [1.29, 1.82) is 0 Å². The molecule has 70 valence electrons. The lowest BCUT2D eigenvalue weighted by atomic mass is 10.5. The minimum Gasteiger partial charge on any atom is -0.324 e. The largest absolute Gasteiger partial charge is 0.324 e. The molecule has 0 saturated carbocycles. The van der Waals surface area contributed by atoms with Gasteiger partial charge < -0.3 is 5.32 Å². The summed E-state index contributed by atoms with van der Waals surface area (Å²) >= 11 is 0. The van der Waals surface area contributed by atoms with Crippen molar-refractivity contribution in [3.05, 3.63) is 18.2 Å². The summed E-state index contributed by atoms with van der Waals surface area (Å²) in [6, 6.07) is 0. The molecule has 0 aromatic carbocycles. The summed E-state index contributed by atoms with van der Waals surface area (Å²) in [7, 11) is 0. The Kier molecular flexibility index (Phi) is 2.84. The summed E-state index contributed by atoms with van der Waals surface area (Å²) in [6.07, 6.45) is -0.419. The Hall–Kier alpha value is -1.59. The predicted molar refractivity (Wildman–Crippen MR) is 41.3 cm³/mol. The fourth-order valence-corrected chi connectivity index (χ4v) is 0.719. The van der Waals surface area contributed by atoms with Crippen LogP contribution in [-0.4, -0.2) is 15.9 Å². The molecule has 0 saturated heterocycles. The van der Waals surface area contributed by atoms with Gasteiger partial charge in [-0.3, -0.25) is 4.79 Å². The number of amides is 1. The van der Waals surface area contributed by atoms with Gasteiger partial charge in [-0.05, 0) is 0 Å². The molecule has 0 radical (unpaired) electrons. The maximum Gasteiger partial charge on any atom is 0.297 e. The van der Waals surface area contributed by atoms with E-state index in [9.17, 15) is 13.6 Å². The van der Waals surface area contributed by atoms with Crippen LogP contribution in [-0.2, 0) is 4.79 Å². The van der Waals surface area contributed by atoms with Crippen molar-refractivity contribution < 1.29 is 13.6 Å². The molecule has 0 aliphatic heterocycles. The molecule has 1 aromatic heterocycles. The molecule has 1 heterocycles. The summed E-state index contributed by atoms with van der Waals surface area (Å²) < 4.78 is 23.9. The van der Waals surface area contributed by atoms with Crippen LogP contribution in [0.25, 0.3) is 0 Å². The number of carbonyl (C=O) groups excluding carboxylic acids is 1. The molecular formula is C7H7F2N3O. The van der Waals surface area contributed by atoms with Gasteiger partial charge in [-0.1, -0.05) is 0 Å². The fraction of sp³-hybridized carbons (Fsp3) is 0.286. The molecule has 1 N–H and O–H groups in total. The Labute approximate surface area is 73.0 Å². The van der Waals surface area contributed by atoms with E-state index >= 15 is 0 Å². The highest BCUT2D eigenvalue weighted by Gasteiger charge is 2.09. The molecule has 0 aliphatic rings. The van der Waals surface area contributed by atoms with Gasteiger partial charge in [0.25, 0.3) is 6.43 Å². The highest BCUT2D eigenvalue weighted by molar-refractivity contribution is 5.88. The van der Waals surface area contributed by atoms with Crippen LogP contribution in [0.15, 0.2) is 12.4 Å².